The van der Waals surface area contributed by atoms with Crippen molar-refractivity contribution >= 4 is 17.5 Å². The number of carbonyl (C=O) groups is 2. The van der Waals surface area contributed by atoms with Crippen molar-refractivity contribution in [2.45, 2.75) is 70.8 Å². The van der Waals surface area contributed by atoms with Crippen molar-refractivity contribution in [3.05, 3.63) is 59.9 Å². The fourth-order valence-corrected chi connectivity index (χ4v) is 7.69. The fraction of sp³-hybridized carbons (Fsp3) is 0.567. The second kappa shape index (κ2) is 10.3. The Balaban J connectivity index is 1.23. The summed E-state index contributed by atoms with van der Waals surface area (Å²) < 4.78 is 0. The second-order valence-electron chi connectivity index (χ2n) is 11.9. The van der Waals surface area contributed by atoms with Crippen molar-refractivity contribution in [1.29, 1.82) is 0 Å². The maximum atomic E-state index is 13.3. The van der Waals surface area contributed by atoms with Crippen LogP contribution in [-0.2, 0) is 16.0 Å². The SMILES string of the molecule is CC1CC2CC(CC(C)(C(=O)Nc3ccncc3)C2)C1C(N)CNC(=O)C1CCCc2ccccc21. The Kier molecular flexibility index (Phi) is 7.16. The highest BCUT2D eigenvalue weighted by atomic mass is 16.2. The average Bonchev–Trinajstić information content (AvgIpc) is 2.87. The molecule has 1 aromatic carbocycles. The molecule has 192 valence electrons. The zero-order valence-corrected chi connectivity index (χ0v) is 21.6. The normalized spacial score (nSPS) is 32.1. The third-order valence-corrected chi connectivity index (χ3v) is 9.17. The summed E-state index contributed by atoms with van der Waals surface area (Å²) in [5, 5.41) is 6.33. The standard InChI is InChI=1S/C30H40N4O2/c1-19-14-20-15-22(17-30(2,16-20)29(36)34-23-10-12-32-13-11-23)27(19)26(31)18-33-28(35)25-9-5-7-21-6-3-4-8-24(21)25/h3-4,6,8,10-13,19-20,22,25-27H,5,7,9,14-18,31H2,1-2H3,(H,33,35)(H,32,34,36). The second-order valence-corrected chi connectivity index (χ2v) is 11.9. The molecule has 2 amide bonds. The maximum absolute atomic E-state index is 13.3. The number of nitrogens with one attached hydrogen (secondary N) is 2. The number of amides is 2. The van der Waals surface area contributed by atoms with E-state index in [4.69, 9.17) is 5.73 Å². The Bertz CT molecular complexity index is 1090. The molecular weight excluding hydrogens is 448 g/mol. The molecule has 2 saturated carbocycles. The minimum absolute atomic E-state index is 0.0786. The van der Waals surface area contributed by atoms with Gasteiger partial charge in [0.25, 0.3) is 0 Å². The van der Waals surface area contributed by atoms with E-state index < -0.39 is 5.41 Å². The summed E-state index contributed by atoms with van der Waals surface area (Å²) in [7, 11) is 0. The number of carbonyl (C=O) groups excluding carboxylic acids is 2. The molecule has 6 heteroatoms. The molecule has 7 atom stereocenters. The summed E-state index contributed by atoms with van der Waals surface area (Å²) in [6.07, 6.45) is 10.4. The van der Waals surface area contributed by atoms with E-state index in [2.05, 4.69) is 47.7 Å². The third kappa shape index (κ3) is 5.06. The first-order valence-electron chi connectivity index (χ1n) is 13.7. The number of anilines is 1. The summed E-state index contributed by atoms with van der Waals surface area (Å²) >= 11 is 0. The molecule has 7 unspecified atom stereocenters. The number of aromatic nitrogens is 1. The Morgan fingerprint density at radius 1 is 1.14 bits per heavy atom. The Labute approximate surface area is 214 Å². The number of benzene rings is 1. The van der Waals surface area contributed by atoms with Crippen LogP contribution >= 0.6 is 0 Å². The first-order valence-corrected chi connectivity index (χ1v) is 13.7. The van der Waals surface area contributed by atoms with Crippen molar-refractivity contribution in [1.82, 2.24) is 10.3 Å². The lowest BCUT2D eigenvalue weighted by Gasteiger charge is -2.51. The van der Waals surface area contributed by atoms with Gasteiger partial charge < -0.3 is 16.4 Å². The van der Waals surface area contributed by atoms with Crippen LogP contribution in [0, 0.1) is 29.1 Å². The zero-order chi connectivity index (χ0) is 25.3. The van der Waals surface area contributed by atoms with Crippen LogP contribution in [0.25, 0.3) is 0 Å². The Morgan fingerprint density at radius 3 is 2.72 bits per heavy atom. The van der Waals surface area contributed by atoms with Crippen molar-refractivity contribution in [2.24, 2.45) is 34.8 Å². The van der Waals surface area contributed by atoms with E-state index in [0.29, 0.717) is 30.2 Å². The van der Waals surface area contributed by atoms with E-state index in [1.54, 1.807) is 12.4 Å². The lowest BCUT2D eigenvalue weighted by molar-refractivity contribution is -0.131. The first kappa shape index (κ1) is 24.9. The van der Waals surface area contributed by atoms with Gasteiger partial charge in [0.05, 0.1) is 5.92 Å². The topological polar surface area (TPSA) is 97.1 Å². The number of fused-ring (bicyclic) bond motifs is 3. The van der Waals surface area contributed by atoms with Gasteiger partial charge in [-0.25, -0.2) is 0 Å². The van der Waals surface area contributed by atoms with Gasteiger partial charge >= 0.3 is 0 Å². The highest BCUT2D eigenvalue weighted by Gasteiger charge is 2.50. The predicted molar refractivity (Wildman–Crippen MR) is 142 cm³/mol. The summed E-state index contributed by atoms with van der Waals surface area (Å²) in [5.74, 6) is 1.84. The van der Waals surface area contributed by atoms with E-state index in [0.717, 1.165) is 50.6 Å². The molecule has 2 fully saturated rings. The first-order chi connectivity index (χ1) is 17.3. The van der Waals surface area contributed by atoms with Crippen LogP contribution in [0.3, 0.4) is 0 Å². The molecule has 1 heterocycles. The molecule has 2 bridgehead atoms. The van der Waals surface area contributed by atoms with Crippen molar-refractivity contribution in [3.8, 4) is 0 Å². The highest BCUT2D eigenvalue weighted by Crippen LogP contribution is 2.53. The van der Waals surface area contributed by atoms with Gasteiger partial charge in [0, 0.05) is 36.1 Å². The quantitative estimate of drug-likeness (QED) is 0.551. The fourth-order valence-electron chi connectivity index (χ4n) is 7.69. The summed E-state index contributed by atoms with van der Waals surface area (Å²) in [4.78, 5) is 30.6. The molecule has 0 spiro atoms. The van der Waals surface area contributed by atoms with Gasteiger partial charge in [0.1, 0.15) is 0 Å². The lowest BCUT2D eigenvalue weighted by Crippen LogP contribution is -2.54. The molecule has 2 aromatic rings. The van der Waals surface area contributed by atoms with Crippen LogP contribution in [0.1, 0.15) is 69.4 Å². The smallest absolute Gasteiger partial charge is 0.230 e. The lowest BCUT2D eigenvalue weighted by atomic mass is 9.54. The molecule has 36 heavy (non-hydrogen) atoms. The van der Waals surface area contributed by atoms with Crippen molar-refractivity contribution in [3.63, 3.8) is 0 Å². The minimum atomic E-state index is -0.413. The Hall–Kier alpha value is -2.73. The molecule has 0 saturated heterocycles. The van der Waals surface area contributed by atoms with Gasteiger partial charge in [-0.1, -0.05) is 38.1 Å². The monoisotopic (exact) mass is 488 g/mol. The third-order valence-electron chi connectivity index (χ3n) is 9.17. The van der Waals surface area contributed by atoms with Crippen molar-refractivity contribution in [2.75, 3.05) is 11.9 Å². The van der Waals surface area contributed by atoms with Crippen LogP contribution in [0.2, 0.25) is 0 Å². The molecule has 3 aliphatic rings. The molecule has 0 aliphatic heterocycles. The van der Waals surface area contributed by atoms with E-state index in [-0.39, 0.29) is 23.8 Å². The number of nitrogens with two attached hydrogens (primary N) is 1. The number of rotatable bonds is 6. The van der Waals surface area contributed by atoms with E-state index in [1.165, 1.54) is 11.1 Å². The van der Waals surface area contributed by atoms with Crippen LogP contribution in [-0.4, -0.2) is 29.4 Å². The molecule has 1 aromatic heterocycles. The maximum Gasteiger partial charge on any atom is 0.230 e. The van der Waals surface area contributed by atoms with Gasteiger partial charge in [-0.15, -0.1) is 0 Å². The number of nitrogens with zero attached hydrogens (tertiary/aromatic N) is 1. The van der Waals surface area contributed by atoms with Gasteiger partial charge in [-0.2, -0.15) is 0 Å². The molecular formula is C30H40N4O2. The Morgan fingerprint density at radius 2 is 1.92 bits per heavy atom. The summed E-state index contributed by atoms with van der Waals surface area (Å²) in [6, 6.07) is 11.9. The van der Waals surface area contributed by atoms with E-state index in [1.807, 2.05) is 18.2 Å². The number of hydrogen-bond donors (Lipinski definition) is 3. The number of hydrogen-bond acceptors (Lipinski definition) is 4. The van der Waals surface area contributed by atoms with Gasteiger partial charge in [-0.3, -0.25) is 14.6 Å². The predicted octanol–water partition coefficient (Wildman–Crippen LogP) is 4.66. The zero-order valence-electron chi connectivity index (χ0n) is 21.6. The highest BCUT2D eigenvalue weighted by molar-refractivity contribution is 5.95. The van der Waals surface area contributed by atoms with Crippen molar-refractivity contribution < 1.29 is 9.59 Å². The molecule has 5 rings (SSSR count). The van der Waals surface area contributed by atoms with Crippen LogP contribution < -0.4 is 16.4 Å². The van der Waals surface area contributed by atoms with Crippen LogP contribution in [0.5, 0.6) is 0 Å². The largest absolute Gasteiger partial charge is 0.354 e. The van der Waals surface area contributed by atoms with Gasteiger partial charge in [0.2, 0.25) is 11.8 Å². The minimum Gasteiger partial charge on any atom is -0.354 e. The molecule has 6 nitrogen and oxygen atoms in total. The number of aryl methyl sites for hydroxylation is 1. The van der Waals surface area contributed by atoms with Crippen LogP contribution in [0.4, 0.5) is 5.69 Å². The van der Waals surface area contributed by atoms with E-state index >= 15 is 0 Å². The molecule has 4 N–H and O–H groups in total. The summed E-state index contributed by atoms with van der Waals surface area (Å²) in [6.45, 7) is 4.92. The van der Waals surface area contributed by atoms with Gasteiger partial charge in [-0.05, 0) is 91.9 Å². The average molecular weight is 489 g/mol. The van der Waals surface area contributed by atoms with E-state index in [9.17, 15) is 9.59 Å². The molecule has 3 aliphatic carbocycles. The van der Waals surface area contributed by atoms with Gasteiger partial charge in [0.15, 0.2) is 0 Å². The van der Waals surface area contributed by atoms with Crippen LogP contribution in [0.15, 0.2) is 48.8 Å². The number of pyridine rings is 1. The molecule has 0 radical (unpaired) electrons. The summed E-state index contributed by atoms with van der Waals surface area (Å²) in [5.41, 5.74) is 9.66.